The Kier molecular flexibility index (Phi) is 32.7. The Morgan fingerprint density at radius 1 is 0.521 bits per heavy atom. The number of likely N-dealkylation sites (N-methyl/N-ethyl adjacent to an activating group) is 7. The number of nitrogens with one attached hydrogen (secondary N) is 1. The van der Waals surface area contributed by atoms with Crippen molar-refractivity contribution in [2.45, 2.75) is 243 Å². The summed E-state index contributed by atoms with van der Waals surface area (Å²) >= 11 is 0. The second-order valence-electron chi connectivity index (χ2n) is 30.0. The molecule has 23 heteroatoms. The van der Waals surface area contributed by atoms with Crippen LogP contribution in [0.15, 0.2) is 36.9 Å². The number of nitrogens with zero attached hydrogens (tertiary/aromatic N) is 10. The highest BCUT2D eigenvalue weighted by atomic mass is 16.3. The zero-order valence-corrected chi connectivity index (χ0v) is 62.6. The maximum absolute atomic E-state index is 15.6. The van der Waals surface area contributed by atoms with Crippen molar-refractivity contribution in [1.82, 2.24) is 54.2 Å². The van der Waals surface area contributed by atoms with E-state index in [4.69, 9.17) is 0 Å². The van der Waals surface area contributed by atoms with Gasteiger partial charge in [0, 0.05) is 124 Å². The highest BCUT2D eigenvalue weighted by molar-refractivity contribution is 6.00. The molecule has 0 bridgehead atoms. The lowest BCUT2D eigenvalue weighted by molar-refractivity contribution is -0.157. The third-order valence-electron chi connectivity index (χ3n) is 19.5. The molecule has 0 radical (unpaired) electrons. The number of aliphatic hydroxyl groups excluding tert-OH is 1. The second kappa shape index (κ2) is 37.7. The van der Waals surface area contributed by atoms with E-state index in [1.807, 2.05) is 92.1 Å². The number of aryl methyl sites for hydroxylation is 2. The summed E-state index contributed by atoms with van der Waals surface area (Å²) in [4.78, 5) is 182. The number of pyridine rings is 1. The normalized spacial score (nSPS) is 26.1. The van der Waals surface area contributed by atoms with Gasteiger partial charge in [-0.15, -0.1) is 0 Å². The van der Waals surface area contributed by atoms with Gasteiger partial charge >= 0.3 is 0 Å². The van der Waals surface area contributed by atoms with Gasteiger partial charge in [-0.05, 0) is 105 Å². The summed E-state index contributed by atoms with van der Waals surface area (Å²) in [7, 11) is 10.3. The Morgan fingerprint density at radius 2 is 1.00 bits per heavy atom. The van der Waals surface area contributed by atoms with Gasteiger partial charge in [-0.1, -0.05) is 110 Å². The van der Waals surface area contributed by atoms with E-state index >= 15 is 19.2 Å². The molecule has 0 aliphatic carbocycles. The van der Waals surface area contributed by atoms with Gasteiger partial charge in [0.15, 0.2) is 17.3 Å². The van der Waals surface area contributed by atoms with Crippen LogP contribution in [0.25, 0.3) is 0 Å². The minimum absolute atomic E-state index is 0.0779. The number of amides is 8. The molecule has 0 aromatic carbocycles. The van der Waals surface area contributed by atoms with Gasteiger partial charge in [0.1, 0.15) is 42.1 Å². The zero-order chi connectivity index (χ0) is 73.2. The molecular weight excluding hydrogens is 1220 g/mol. The van der Waals surface area contributed by atoms with Crippen molar-refractivity contribution in [3.63, 3.8) is 0 Å². The van der Waals surface area contributed by atoms with E-state index in [0.717, 1.165) is 10.5 Å². The smallest absolute Gasteiger partial charge is 0.246 e. The molecule has 2 aromatic heterocycles. The fourth-order valence-corrected chi connectivity index (χ4v) is 13.2. The van der Waals surface area contributed by atoms with E-state index in [1.54, 1.807) is 53.2 Å². The number of aromatic nitrogens is 3. The molecule has 2 aromatic rings. The van der Waals surface area contributed by atoms with E-state index < -0.39 is 161 Å². The summed E-state index contributed by atoms with van der Waals surface area (Å²) < 4.78 is 1.95. The molecule has 1 aliphatic rings. The first-order valence-electron chi connectivity index (χ1n) is 34.9. The van der Waals surface area contributed by atoms with E-state index in [0.29, 0.717) is 18.8 Å². The van der Waals surface area contributed by atoms with Crippen LogP contribution in [-0.4, -0.2) is 222 Å². The molecule has 3 rings (SSSR count). The summed E-state index contributed by atoms with van der Waals surface area (Å²) in [6, 6.07) is -5.71. The molecule has 0 saturated carbocycles. The second-order valence-corrected chi connectivity index (χ2v) is 30.0. The monoisotopic (exact) mass is 1340 g/mol. The zero-order valence-electron chi connectivity index (χ0n) is 62.6. The van der Waals surface area contributed by atoms with Crippen LogP contribution in [-0.2, 0) is 72.1 Å². The first-order valence-corrected chi connectivity index (χ1v) is 34.9. The molecule has 3 heterocycles. The van der Waals surface area contributed by atoms with Crippen LogP contribution >= 0.6 is 0 Å². The molecule has 96 heavy (non-hydrogen) atoms. The predicted molar refractivity (Wildman–Crippen MR) is 371 cm³/mol. The van der Waals surface area contributed by atoms with E-state index in [1.165, 1.54) is 92.6 Å². The summed E-state index contributed by atoms with van der Waals surface area (Å²) in [5.74, 6) is -10.7. The lowest BCUT2D eigenvalue weighted by Crippen LogP contribution is -2.62. The van der Waals surface area contributed by atoms with Crippen molar-refractivity contribution < 1.29 is 57.8 Å². The quantitative estimate of drug-likeness (QED) is 0.152. The number of ketones is 3. The molecule has 1 fully saturated rings. The van der Waals surface area contributed by atoms with Crippen LogP contribution in [0.1, 0.15) is 180 Å². The summed E-state index contributed by atoms with van der Waals surface area (Å²) in [6.45, 7) is 30.9. The molecule has 2 N–H and O–H groups in total. The van der Waals surface area contributed by atoms with Gasteiger partial charge in [0.25, 0.3) is 0 Å². The topological polar surface area (TPSA) is 273 Å². The largest absolute Gasteiger partial charge is 0.390 e. The Morgan fingerprint density at radius 3 is 1.49 bits per heavy atom. The van der Waals surface area contributed by atoms with Gasteiger partial charge in [-0.2, -0.15) is 0 Å². The van der Waals surface area contributed by atoms with Crippen molar-refractivity contribution >= 4 is 64.6 Å². The number of hydrogen-bond donors (Lipinski definition) is 2. The van der Waals surface area contributed by atoms with E-state index in [-0.39, 0.29) is 75.0 Å². The third kappa shape index (κ3) is 22.3. The van der Waals surface area contributed by atoms with Gasteiger partial charge < -0.3 is 49.3 Å². The maximum Gasteiger partial charge on any atom is 0.246 e. The molecule has 540 valence electrons. The van der Waals surface area contributed by atoms with Gasteiger partial charge in [0.05, 0.1) is 18.2 Å². The van der Waals surface area contributed by atoms with Crippen LogP contribution in [0.5, 0.6) is 0 Å². The molecule has 0 spiro atoms. The van der Waals surface area contributed by atoms with Crippen molar-refractivity contribution in [3.8, 4) is 0 Å². The lowest BCUT2D eigenvalue weighted by Gasteiger charge is -2.41. The standard InChI is InChI=1S/C73H121N11O12/c1-25-53-39-61(87)64(65(88)48(14)38-62-75-30-32-84(62)31-28-52-27-26-29-74-41-52)83(24)73(96)63(47(12)13)82(23)72(95)58(36-45(8)9)81(22)71(94)57(35-44(6)7)80(21)67(90)50(16)76-66(89)49(15)37-59(85)55(33-42(2)3)79(20)70(93)54(46(10)11)40-60(86)56(34-43(4)5)78(19)68(91)51(17)77(18)69(53)92/h26-27,29-30,32,41-51,53-58,63-65,88H,25,28,31,33-40H2,1-24H3,(H,76,89)/t48-,49+,50+,51-,53+,54-,55-,56+,57-,58-,63-,64+,65-/m1/s1. The Hall–Kier alpha value is -6.91. The molecule has 8 amide bonds. The Bertz CT molecular complexity index is 2950. The third-order valence-corrected chi connectivity index (χ3v) is 19.5. The average Bonchev–Trinajstić information content (AvgIpc) is 0.884. The molecule has 23 nitrogen and oxygen atoms in total. The highest BCUT2D eigenvalue weighted by Gasteiger charge is 2.46. The number of carbonyl (C=O) groups is 11. The summed E-state index contributed by atoms with van der Waals surface area (Å²) in [6.07, 6.45) is 6.04. The van der Waals surface area contributed by atoms with Crippen molar-refractivity contribution in [2.24, 2.45) is 59.2 Å². The minimum atomic E-state index is -1.59. The molecular formula is C73H121N11O12. The maximum atomic E-state index is 15.6. The first-order chi connectivity index (χ1) is 44.6. The van der Waals surface area contributed by atoms with Gasteiger partial charge in [-0.25, -0.2) is 4.98 Å². The van der Waals surface area contributed by atoms with Crippen molar-refractivity contribution in [2.75, 3.05) is 49.3 Å². The number of aliphatic hydroxyl groups is 1. The number of rotatable bonds is 18. The van der Waals surface area contributed by atoms with E-state index in [9.17, 15) is 38.7 Å². The SMILES string of the molecule is CC[C@H]1CC(=O)[C@@H]([C@H](O)[C@H](C)Cc2nccn2CCc2cccnc2)N(C)C(=O)[C@@H](C(C)C)N(C)C(=O)[C@@H](CC(C)C)N(C)C(=O)[C@@H](CC(C)C)N(C)C(=O)[C@H](C)NC(=O)[C@@H](C)CC(=O)[C@@H](CC(C)C)N(C)C(=O)[C@@H](C(C)C)CC(=O)[C@H](CC(C)C)N(C)C(=O)[C@@H](C)N(C)C1=O. The lowest BCUT2D eigenvalue weighted by atomic mass is 9.84. The van der Waals surface area contributed by atoms with Gasteiger partial charge in [0.2, 0.25) is 47.3 Å². The molecule has 1 saturated heterocycles. The van der Waals surface area contributed by atoms with Crippen molar-refractivity contribution in [3.05, 3.63) is 48.3 Å². The first kappa shape index (κ1) is 83.3. The Balaban J connectivity index is 2.34. The Labute approximate surface area is 574 Å². The van der Waals surface area contributed by atoms with Gasteiger partial charge in [-0.3, -0.25) is 57.7 Å². The number of imidazole rings is 1. The molecule has 13 atom stereocenters. The van der Waals surface area contributed by atoms with Crippen molar-refractivity contribution in [1.29, 1.82) is 0 Å². The summed E-state index contributed by atoms with van der Waals surface area (Å²) in [5, 5.41) is 15.5. The molecule has 0 unspecified atom stereocenters. The fraction of sp³-hybridized carbons (Fsp3) is 0.740. The number of carbonyl (C=O) groups excluding carboxylic acids is 11. The average molecular weight is 1340 g/mol. The number of hydrogen-bond acceptors (Lipinski definition) is 14. The molecule has 1 aliphatic heterocycles. The predicted octanol–water partition coefficient (Wildman–Crippen LogP) is 7.04. The van der Waals surface area contributed by atoms with E-state index in [2.05, 4.69) is 15.3 Å². The number of Topliss-reactive ketones (excluding diaryl/α,β-unsaturated/α-hetero) is 3. The van der Waals surface area contributed by atoms with Crippen LogP contribution in [0, 0.1) is 59.2 Å². The summed E-state index contributed by atoms with van der Waals surface area (Å²) in [5.41, 5.74) is 1.00. The van der Waals surface area contributed by atoms with Crippen LogP contribution in [0.3, 0.4) is 0 Å². The van der Waals surface area contributed by atoms with Crippen LogP contribution < -0.4 is 5.32 Å². The highest BCUT2D eigenvalue weighted by Crippen LogP contribution is 2.30. The fourth-order valence-electron chi connectivity index (χ4n) is 13.2. The minimum Gasteiger partial charge on any atom is -0.390 e. The van der Waals surface area contributed by atoms with Crippen LogP contribution in [0.4, 0.5) is 0 Å². The van der Waals surface area contributed by atoms with Crippen LogP contribution in [0.2, 0.25) is 0 Å².